The molecule has 24 heavy (non-hydrogen) atoms. The lowest BCUT2D eigenvalue weighted by atomic mass is 9.99. The van der Waals surface area contributed by atoms with E-state index >= 15 is 0 Å². The van der Waals surface area contributed by atoms with Crippen molar-refractivity contribution in [1.29, 1.82) is 0 Å². The van der Waals surface area contributed by atoms with E-state index in [0.29, 0.717) is 23.2 Å². The summed E-state index contributed by atoms with van der Waals surface area (Å²) in [6, 6.07) is 6.47. The molecule has 1 aromatic rings. The van der Waals surface area contributed by atoms with Crippen molar-refractivity contribution in [3.8, 4) is 0 Å². The summed E-state index contributed by atoms with van der Waals surface area (Å²) in [5, 5.41) is 3.27. The van der Waals surface area contributed by atoms with Crippen LogP contribution in [0.3, 0.4) is 0 Å². The number of nitrogens with one attached hydrogen (secondary N) is 1. The van der Waals surface area contributed by atoms with Gasteiger partial charge in [-0.25, -0.2) is 8.42 Å². The predicted octanol–water partition coefficient (Wildman–Crippen LogP) is 3.44. The van der Waals surface area contributed by atoms with Crippen LogP contribution in [-0.4, -0.2) is 33.7 Å². The van der Waals surface area contributed by atoms with Gasteiger partial charge in [0, 0.05) is 11.6 Å². The third kappa shape index (κ3) is 7.09. The van der Waals surface area contributed by atoms with Gasteiger partial charge in [-0.3, -0.25) is 9.10 Å². The number of amides is 1. The maximum absolute atomic E-state index is 12.2. The third-order valence-corrected chi connectivity index (χ3v) is 5.29. The second kappa shape index (κ2) is 9.89. The minimum atomic E-state index is -3.57. The summed E-state index contributed by atoms with van der Waals surface area (Å²) in [5.41, 5.74) is 0.387. The normalized spacial score (nSPS) is 12.7. The summed E-state index contributed by atoms with van der Waals surface area (Å²) in [6.45, 7) is 4.56. The van der Waals surface area contributed by atoms with Crippen LogP contribution in [0, 0.1) is 5.92 Å². The summed E-state index contributed by atoms with van der Waals surface area (Å²) in [4.78, 5) is 12.2. The molecule has 0 spiro atoms. The van der Waals surface area contributed by atoms with E-state index in [1.165, 1.54) is 6.07 Å². The molecule has 1 aromatic carbocycles. The monoisotopic (exact) mass is 374 g/mol. The fourth-order valence-electron chi connectivity index (χ4n) is 2.42. The molecule has 0 fully saturated rings. The van der Waals surface area contributed by atoms with Crippen molar-refractivity contribution in [1.82, 2.24) is 5.32 Å². The number of nitrogens with zero attached hydrogens (tertiary/aromatic N) is 1. The Kier molecular flexibility index (Phi) is 8.56. The van der Waals surface area contributed by atoms with Crippen molar-refractivity contribution in [2.45, 2.75) is 39.5 Å². The Morgan fingerprint density at radius 3 is 2.58 bits per heavy atom. The zero-order valence-corrected chi connectivity index (χ0v) is 16.2. The van der Waals surface area contributed by atoms with Crippen molar-refractivity contribution < 1.29 is 13.2 Å². The standard InChI is InChI=1S/C17H27ClN2O3S/c1-4-6-8-14(5-2)12-19-17(21)13-20(24(3,22)23)16-10-7-9-15(18)11-16/h7,9-11,14H,4-6,8,12-13H2,1-3H3,(H,19,21)/t14-/m0/s1. The minimum Gasteiger partial charge on any atom is -0.354 e. The van der Waals surface area contributed by atoms with Crippen LogP contribution in [-0.2, 0) is 14.8 Å². The Morgan fingerprint density at radius 1 is 1.33 bits per heavy atom. The smallest absolute Gasteiger partial charge is 0.240 e. The van der Waals surface area contributed by atoms with E-state index in [4.69, 9.17) is 11.6 Å². The fraction of sp³-hybridized carbons (Fsp3) is 0.588. The zero-order chi connectivity index (χ0) is 18.2. The van der Waals surface area contributed by atoms with Crippen LogP contribution in [0.25, 0.3) is 0 Å². The lowest BCUT2D eigenvalue weighted by Gasteiger charge is -2.23. The molecule has 1 rings (SSSR count). The Labute approximate surface area is 150 Å². The molecule has 0 bridgehead atoms. The quantitative estimate of drug-likeness (QED) is 0.682. The summed E-state index contributed by atoms with van der Waals surface area (Å²) >= 11 is 5.92. The molecule has 1 atom stereocenters. The second-order valence-electron chi connectivity index (χ2n) is 5.97. The molecule has 5 nitrogen and oxygen atoms in total. The average molecular weight is 375 g/mol. The van der Waals surface area contributed by atoms with E-state index in [9.17, 15) is 13.2 Å². The van der Waals surface area contributed by atoms with Gasteiger partial charge in [-0.05, 0) is 30.5 Å². The van der Waals surface area contributed by atoms with Gasteiger partial charge in [0.05, 0.1) is 11.9 Å². The third-order valence-electron chi connectivity index (χ3n) is 3.91. The Bertz CT molecular complexity index is 634. The Balaban J connectivity index is 2.72. The molecule has 1 N–H and O–H groups in total. The number of sulfonamides is 1. The first-order chi connectivity index (χ1) is 11.3. The summed E-state index contributed by atoms with van der Waals surface area (Å²) < 4.78 is 25.1. The maximum Gasteiger partial charge on any atom is 0.240 e. The molecule has 1 amide bonds. The molecule has 0 aliphatic rings. The molecule has 0 saturated carbocycles. The number of hydrogen-bond acceptors (Lipinski definition) is 3. The fourth-order valence-corrected chi connectivity index (χ4v) is 3.45. The van der Waals surface area contributed by atoms with Gasteiger partial charge < -0.3 is 5.32 Å². The summed E-state index contributed by atoms with van der Waals surface area (Å²) in [7, 11) is -3.57. The van der Waals surface area contributed by atoms with E-state index in [-0.39, 0.29) is 12.5 Å². The number of carbonyl (C=O) groups is 1. The van der Waals surface area contributed by atoms with E-state index in [1.807, 2.05) is 0 Å². The molecule has 0 heterocycles. The van der Waals surface area contributed by atoms with E-state index in [1.54, 1.807) is 18.2 Å². The first-order valence-electron chi connectivity index (χ1n) is 8.27. The number of rotatable bonds is 10. The van der Waals surface area contributed by atoms with Gasteiger partial charge in [-0.15, -0.1) is 0 Å². The molecule has 0 aromatic heterocycles. The lowest BCUT2D eigenvalue weighted by Crippen LogP contribution is -2.41. The highest BCUT2D eigenvalue weighted by Gasteiger charge is 2.21. The van der Waals surface area contributed by atoms with E-state index in [2.05, 4.69) is 19.2 Å². The molecule has 0 aliphatic heterocycles. The number of anilines is 1. The molecule has 0 aliphatic carbocycles. The average Bonchev–Trinajstić information content (AvgIpc) is 2.51. The highest BCUT2D eigenvalue weighted by atomic mass is 35.5. The van der Waals surface area contributed by atoms with Gasteiger partial charge in [-0.1, -0.05) is 50.8 Å². The topological polar surface area (TPSA) is 66.5 Å². The van der Waals surface area contributed by atoms with Crippen LogP contribution in [0.4, 0.5) is 5.69 Å². The van der Waals surface area contributed by atoms with Gasteiger partial charge in [0.15, 0.2) is 0 Å². The van der Waals surface area contributed by atoms with Crippen molar-refractivity contribution in [3.05, 3.63) is 29.3 Å². The molecule has 136 valence electrons. The largest absolute Gasteiger partial charge is 0.354 e. The molecular formula is C17H27ClN2O3S. The van der Waals surface area contributed by atoms with E-state index < -0.39 is 10.0 Å². The Hall–Kier alpha value is -1.27. The Morgan fingerprint density at radius 2 is 2.04 bits per heavy atom. The number of unbranched alkanes of at least 4 members (excludes halogenated alkanes) is 1. The molecule has 0 unspecified atom stereocenters. The van der Waals surface area contributed by atoms with Gasteiger partial charge >= 0.3 is 0 Å². The predicted molar refractivity (Wildman–Crippen MR) is 100.0 cm³/mol. The number of hydrogen-bond donors (Lipinski definition) is 1. The SMILES string of the molecule is CCCC[C@H](CC)CNC(=O)CN(c1cccc(Cl)c1)S(C)(=O)=O. The van der Waals surface area contributed by atoms with Crippen LogP contribution in [0.15, 0.2) is 24.3 Å². The van der Waals surface area contributed by atoms with Gasteiger partial charge in [0.1, 0.15) is 6.54 Å². The molecular weight excluding hydrogens is 348 g/mol. The second-order valence-corrected chi connectivity index (χ2v) is 8.31. The first-order valence-corrected chi connectivity index (χ1v) is 10.5. The zero-order valence-electron chi connectivity index (χ0n) is 14.6. The molecule has 7 heteroatoms. The highest BCUT2D eigenvalue weighted by molar-refractivity contribution is 7.92. The van der Waals surface area contributed by atoms with Crippen LogP contribution < -0.4 is 9.62 Å². The van der Waals surface area contributed by atoms with Crippen molar-refractivity contribution in [2.24, 2.45) is 5.92 Å². The van der Waals surface area contributed by atoms with Gasteiger partial charge in [0.2, 0.25) is 15.9 Å². The number of benzene rings is 1. The van der Waals surface area contributed by atoms with Gasteiger partial charge in [-0.2, -0.15) is 0 Å². The highest BCUT2D eigenvalue weighted by Crippen LogP contribution is 2.21. The summed E-state index contributed by atoms with van der Waals surface area (Å²) in [5.74, 6) is 0.113. The lowest BCUT2D eigenvalue weighted by molar-refractivity contribution is -0.119. The molecule has 0 saturated heterocycles. The van der Waals surface area contributed by atoms with Crippen LogP contribution in [0.5, 0.6) is 0 Å². The molecule has 0 radical (unpaired) electrons. The summed E-state index contributed by atoms with van der Waals surface area (Å²) in [6.07, 6.45) is 5.40. The number of halogens is 1. The maximum atomic E-state index is 12.2. The van der Waals surface area contributed by atoms with Crippen LogP contribution in [0.2, 0.25) is 5.02 Å². The van der Waals surface area contributed by atoms with Gasteiger partial charge in [0.25, 0.3) is 0 Å². The van der Waals surface area contributed by atoms with Crippen molar-refractivity contribution in [3.63, 3.8) is 0 Å². The van der Waals surface area contributed by atoms with Crippen LogP contribution in [0.1, 0.15) is 39.5 Å². The van der Waals surface area contributed by atoms with Crippen molar-refractivity contribution in [2.75, 3.05) is 23.7 Å². The first kappa shape index (κ1) is 20.8. The van der Waals surface area contributed by atoms with E-state index in [0.717, 1.165) is 36.2 Å². The minimum absolute atomic E-state index is 0.247. The van der Waals surface area contributed by atoms with Crippen molar-refractivity contribution >= 4 is 33.2 Å². The number of carbonyl (C=O) groups excluding carboxylic acids is 1. The van der Waals surface area contributed by atoms with Crippen LogP contribution >= 0.6 is 11.6 Å².